The Morgan fingerprint density at radius 3 is 2.37 bits per heavy atom. The molecule has 5 heteroatoms. The van der Waals surface area contributed by atoms with Crippen molar-refractivity contribution in [2.24, 2.45) is 0 Å². The summed E-state index contributed by atoms with van der Waals surface area (Å²) in [6.07, 6.45) is 1.65. The molecule has 0 N–H and O–H groups in total. The van der Waals surface area contributed by atoms with E-state index in [-0.39, 0.29) is 0 Å². The number of halogens is 1. The van der Waals surface area contributed by atoms with Gasteiger partial charge in [-0.05, 0) is 23.8 Å². The van der Waals surface area contributed by atoms with Gasteiger partial charge in [0.2, 0.25) is 11.6 Å². The van der Waals surface area contributed by atoms with Crippen LogP contribution in [0.2, 0.25) is 0 Å². The molecule has 0 amide bonds. The molecule has 0 aliphatic carbocycles. The smallest absolute Gasteiger partial charge is 0.219 e. The number of nitrogens with zero attached hydrogens (tertiary/aromatic N) is 1. The monoisotopic (exact) mass is 279 g/mol. The number of ether oxygens (including phenoxy) is 3. The Morgan fingerprint density at radius 2 is 1.79 bits per heavy atom. The molecule has 2 aromatic rings. The Bertz CT molecular complexity index is 538. The average Bonchev–Trinajstić information content (AvgIpc) is 2.47. The molecule has 4 nitrogen and oxygen atoms in total. The molecule has 0 unspecified atom stereocenters. The molecular weight excluding hydrogens is 266 g/mol. The maximum Gasteiger partial charge on any atom is 0.219 e. The first-order valence-electron chi connectivity index (χ1n) is 5.68. The van der Waals surface area contributed by atoms with E-state index in [1.54, 1.807) is 38.6 Å². The highest BCUT2D eigenvalue weighted by Crippen LogP contribution is 2.39. The Balaban J connectivity index is 2.36. The molecule has 0 saturated heterocycles. The number of aromatic nitrogens is 1. The molecule has 0 aliphatic rings. The van der Waals surface area contributed by atoms with Crippen LogP contribution in [0, 0.1) is 0 Å². The number of pyridine rings is 1. The van der Waals surface area contributed by atoms with Crippen LogP contribution < -0.4 is 14.2 Å². The lowest BCUT2D eigenvalue weighted by molar-refractivity contribution is 0.342. The van der Waals surface area contributed by atoms with Crippen LogP contribution in [-0.4, -0.2) is 19.2 Å². The standard InChI is InChI=1S/C14H14ClNO3/c1-17-11-4-3-5-12(18-2)14(11)19-13-8-10(9-15)6-7-16-13/h3-8H,9H2,1-2H3. The van der Waals surface area contributed by atoms with Crippen molar-refractivity contribution in [1.82, 2.24) is 4.98 Å². The Hall–Kier alpha value is -1.94. The molecule has 1 aromatic heterocycles. The molecule has 2 rings (SSSR count). The van der Waals surface area contributed by atoms with E-state index in [9.17, 15) is 0 Å². The second kappa shape index (κ2) is 6.29. The SMILES string of the molecule is COc1cccc(OC)c1Oc1cc(CCl)ccn1. The van der Waals surface area contributed by atoms with Gasteiger partial charge in [0.05, 0.1) is 14.2 Å². The molecule has 0 atom stereocenters. The summed E-state index contributed by atoms with van der Waals surface area (Å²) in [5.74, 6) is 2.50. The molecular formula is C14H14ClNO3. The van der Waals surface area contributed by atoms with E-state index >= 15 is 0 Å². The predicted molar refractivity (Wildman–Crippen MR) is 73.4 cm³/mol. The summed E-state index contributed by atoms with van der Waals surface area (Å²) in [5.41, 5.74) is 0.931. The fourth-order valence-corrected chi connectivity index (χ4v) is 1.78. The van der Waals surface area contributed by atoms with Crippen LogP contribution >= 0.6 is 11.6 Å². The first kappa shape index (κ1) is 13.5. The summed E-state index contributed by atoms with van der Waals surface area (Å²) < 4.78 is 16.3. The fraction of sp³-hybridized carbons (Fsp3) is 0.214. The summed E-state index contributed by atoms with van der Waals surface area (Å²) in [6.45, 7) is 0. The number of benzene rings is 1. The number of hydrogen-bond acceptors (Lipinski definition) is 4. The van der Waals surface area contributed by atoms with Crippen LogP contribution in [0.15, 0.2) is 36.5 Å². The van der Waals surface area contributed by atoms with Crippen molar-refractivity contribution in [2.75, 3.05) is 14.2 Å². The van der Waals surface area contributed by atoms with Gasteiger partial charge in [-0.3, -0.25) is 0 Å². The molecule has 0 aliphatic heterocycles. The van der Waals surface area contributed by atoms with E-state index in [2.05, 4.69) is 4.98 Å². The van der Waals surface area contributed by atoms with Crippen LogP contribution in [0.5, 0.6) is 23.1 Å². The van der Waals surface area contributed by atoms with Gasteiger partial charge in [-0.1, -0.05) is 6.07 Å². The summed E-state index contributed by atoms with van der Waals surface area (Å²) in [7, 11) is 3.15. The zero-order valence-electron chi connectivity index (χ0n) is 10.7. The minimum atomic E-state index is 0.405. The van der Waals surface area contributed by atoms with Gasteiger partial charge in [0, 0.05) is 18.1 Å². The van der Waals surface area contributed by atoms with Crippen LogP contribution in [0.25, 0.3) is 0 Å². The Morgan fingerprint density at radius 1 is 1.11 bits per heavy atom. The van der Waals surface area contributed by atoms with E-state index in [4.69, 9.17) is 25.8 Å². The third-order valence-corrected chi connectivity index (χ3v) is 2.85. The van der Waals surface area contributed by atoms with Crippen LogP contribution in [-0.2, 0) is 5.88 Å². The minimum absolute atomic E-state index is 0.405. The van der Waals surface area contributed by atoms with E-state index in [0.717, 1.165) is 5.56 Å². The van der Waals surface area contributed by atoms with Gasteiger partial charge in [0.1, 0.15) is 0 Å². The van der Waals surface area contributed by atoms with Gasteiger partial charge in [-0.25, -0.2) is 4.98 Å². The third-order valence-electron chi connectivity index (χ3n) is 2.54. The van der Waals surface area contributed by atoms with Crippen molar-refractivity contribution in [1.29, 1.82) is 0 Å². The highest BCUT2D eigenvalue weighted by molar-refractivity contribution is 6.17. The highest BCUT2D eigenvalue weighted by Gasteiger charge is 2.13. The molecule has 0 fully saturated rings. The Labute approximate surface area is 116 Å². The summed E-state index contributed by atoms with van der Waals surface area (Å²) in [4.78, 5) is 4.14. The topological polar surface area (TPSA) is 40.6 Å². The summed E-state index contributed by atoms with van der Waals surface area (Å²) in [6, 6.07) is 9.03. The fourth-order valence-electron chi connectivity index (χ4n) is 1.61. The lowest BCUT2D eigenvalue weighted by Crippen LogP contribution is -1.96. The van der Waals surface area contributed by atoms with Gasteiger partial charge >= 0.3 is 0 Å². The van der Waals surface area contributed by atoms with Crippen LogP contribution in [0.4, 0.5) is 0 Å². The second-order valence-electron chi connectivity index (χ2n) is 3.73. The average molecular weight is 280 g/mol. The zero-order valence-corrected chi connectivity index (χ0v) is 11.5. The lowest BCUT2D eigenvalue weighted by atomic mass is 10.3. The Kier molecular flexibility index (Phi) is 4.47. The van der Waals surface area contributed by atoms with E-state index in [1.165, 1.54) is 0 Å². The lowest BCUT2D eigenvalue weighted by Gasteiger charge is -2.13. The number of hydrogen-bond donors (Lipinski definition) is 0. The van der Waals surface area contributed by atoms with Crippen molar-refractivity contribution >= 4 is 11.6 Å². The summed E-state index contributed by atoms with van der Waals surface area (Å²) in [5, 5.41) is 0. The number of rotatable bonds is 5. The summed E-state index contributed by atoms with van der Waals surface area (Å²) >= 11 is 5.79. The van der Waals surface area contributed by atoms with Crippen LogP contribution in [0.3, 0.4) is 0 Å². The second-order valence-corrected chi connectivity index (χ2v) is 4.00. The molecule has 1 aromatic carbocycles. The number of para-hydroxylation sites is 1. The van der Waals surface area contributed by atoms with Crippen molar-refractivity contribution in [2.45, 2.75) is 5.88 Å². The normalized spacial score (nSPS) is 10.1. The number of alkyl halides is 1. The third kappa shape index (κ3) is 3.09. The molecule has 0 spiro atoms. The quantitative estimate of drug-likeness (QED) is 0.784. The zero-order chi connectivity index (χ0) is 13.7. The van der Waals surface area contributed by atoms with Crippen molar-refractivity contribution in [3.05, 3.63) is 42.1 Å². The maximum atomic E-state index is 5.79. The van der Waals surface area contributed by atoms with Gasteiger partial charge in [0.25, 0.3) is 0 Å². The van der Waals surface area contributed by atoms with Crippen molar-refractivity contribution in [3.63, 3.8) is 0 Å². The van der Waals surface area contributed by atoms with Gasteiger partial charge in [-0.2, -0.15) is 0 Å². The van der Waals surface area contributed by atoms with Gasteiger partial charge in [-0.15, -0.1) is 11.6 Å². The van der Waals surface area contributed by atoms with E-state index in [1.807, 2.05) is 12.1 Å². The predicted octanol–water partition coefficient (Wildman–Crippen LogP) is 3.63. The van der Waals surface area contributed by atoms with Gasteiger partial charge in [0.15, 0.2) is 11.5 Å². The van der Waals surface area contributed by atoms with Crippen molar-refractivity contribution < 1.29 is 14.2 Å². The molecule has 19 heavy (non-hydrogen) atoms. The number of methoxy groups -OCH3 is 2. The molecule has 1 heterocycles. The molecule has 100 valence electrons. The van der Waals surface area contributed by atoms with Crippen molar-refractivity contribution in [3.8, 4) is 23.1 Å². The maximum absolute atomic E-state index is 5.79. The highest BCUT2D eigenvalue weighted by atomic mass is 35.5. The molecule has 0 saturated carbocycles. The van der Waals surface area contributed by atoms with E-state index < -0.39 is 0 Å². The first-order valence-corrected chi connectivity index (χ1v) is 6.21. The van der Waals surface area contributed by atoms with Crippen LogP contribution in [0.1, 0.15) is 5.56 Å². The largest absolute Gasteiger partial charge is 0.493 e. The minimum Gasteiger partial charge on any atom is -0.493 e. The first-order chi connectivity index (χ1) is 9.28. The van der Waals surface area contributed by atoms with Gasteiger partial charge < -0.3 is 14.2 Å². The van der Waals surface area contributed by atoms with E-state index in [0.29, 0.717) is 29.0 Å². The molecule has 0 radical (unpaired) electrons. The molecule has 0 bridgehead atoms.